The second-order valence-corrected chi connectivity index (χ2v) is 11.2. The predicted molar refractivity (Wildman–Crippen MR) is 145 cm³/mol. The molecule has 4 fully saturated rings. The lowest BCUT2D eigenvalue weighted by Crippen LogP contribution is -2.63. The highest BCUT2D eigenvalue weighted by molar-refractivity contribution is 5.99. The molecule has 7 rings (SSSR count). The molecule has 2 atom stereocenters. The number of fused-ring (bicyclic) bond motifs is 2. The van der Waals surface area contributed by atoms with Gasteiger partial charge < -0.3 is 9.80 Å². The number of halogens is 1. The van der Waals surface area contributed by atoms with Crippen LogP contribution in [0, 0.1) is 30.1 Å². The molecule has 1 saturated carbocycles. The van der Waals surface area contributed by atoms with E-state index in [1.807, 2.05) is 67.6 Å². The minimum absolute atomic E-state index is 0.181. The zero-order valence-electron chi connectivity index (χ0n) is 22.0. The second kappa shape index (κ2) is 9.60. The maximum atomic E-state index is 16.0. The smallest absolute Gasteiger partial charge is 0.272 e. The van der Waals surface area contributed by atoms with Crippen LogP contribution in [-0.2, 0) is 11.1 Å². The molecule has 6 nitrogen and oxygen atoms in total. The van der Waals surface area contributed by atoms with Crippen molar-refractivity contribution in [1.29, 1.82) is 5.26 Å². The largest absolute Gasteiger partial charge is 0.338 e. The van der Waals surface area contributed by atoms with Crippen LogP contribution < -0.4 is 0 Å². The second-order valence-electron chi connectivity index (χ2n) is 11.2. The summed E-state index contributed by atoms with van der Waals surface area (Å²) in [5, 5.41) is 9.98. The Kier molecular flexibility index (Phi) is 6.22. The van der Waals surface area contributed by atoms with Gasteiger partial charge in [-0.2, -0.15) is 5.26 Å². The topological polar surface area (TPSA) is 77.3 Å². The Morgan fingerprint density at radius 3 is 2.10 bits per heavy atom. The minimum atomic E-state index is -1.39. The molecule has 2 amide bonds. The first-order valence-electron chi connectivity index (χ1n) is 13.6. The van der Waals surface area contributed by atoms with Crippen LogP contribution in [0.5, 0.6) is 0 Å². The summed E-state index contributed by atoms with van der Waals surface area (Å²) < 4.78 is 16.0. The number of hydrogen-bond donors (Lipinski definition) is 0. The molecule has 2 bridgehead atoms. The van der Waals surface area contributed by atoms with Crippen molar-refractivity contribution in [2.24, 2.45) is 11.8 Å². The summed E-state index contributed by atoms with van der Waals surface area (Å²) >= 11 is 0. The van der Waals surface area contributed by atoms with Gasteiger partial charge in [0.05, 0.1) is 11.5 Å². The van der Waals surface area contributed by atoms with Gasteiger partial charge in [0.2, 0.25) is 0 Å². The van der Waals surface area contributed by atoms with Gasteiger partial charge in [-0.25, -0.2) is 4.39 Å². The minimum Gasteiger partial charge on any atom is -0.338 e. The van der Waals surface area contributed by atoms with Crippen LogP contribution in [0.25, 0.3) is 0 Å². The van der Waals surface area contributed by atoms with Crippen molar-refractivity contribution in [2.75, 3.05) is 26.2 Å². The van der Waals surface area contributed by atoms with Crippen molar-refractivity contribution in [3.63, 3.8) is 0 Å². The number of rotatable bonds is 4. The lowest BCUT2D eigenvalue weighted by atomic mass is 9.56. The summed E-state index contributed by atoms with van der Waals surface area (Å²) in [6, 6.07) is 23.1. The van der Waals surface area contributed by atoms with E-state index in [2.05, 4.69) is 11.1 Å². The van der Waals surface area contributed by atoms with E-state index in [1.165, 1.54) is 0 Å². The Bertz CT molecular complexity index is 1430. The van der Waals surface area contributed by atoms with E-state index in [1.54, 1.807) is 22.1 Å². The van der Waals surface area contributed by atoms with Gasteiger partial charge >= 0.3 is 0 Å². The quantitative estimate of drug-likeness (QED) is 0.481. The molecule has 1 aromatic heterocycles. The van der Waals surface area contributed by atoms with Crippen LogP contribution in [-0.4, -0.2) is 52.8 Å². The van der Waals surface area contributed by atoms with Crippen LogP contribution in [0.1, 0.15) is 56.8 Å². The van der Waals surface area contributed by atoms with Gasteiger partial charge in [-0.3, -0.25) is 14.6 Å². The van der Waals surface area contributed by atoms with Gasteiger partial charge in [-0.15, -0.1) is 0 Å². The Morgan fingerprint density at radius 2 is 1.51 bits per heavy atom. The van der Waals surface area contributed by atoms with E-state index >= 15 is 4.39 Å². The zero-order valence-corrected chi connectivity index (χ0v) is 22.0. The molecule has 2 unspecified atom stereocenters. The van der Waals surface area contributed by atoms with Gasteiger partial charge in [-0.05, 0) is 48.9 Å². The molecule has 1 aliphatic carbocycles. The Hall–Kier alpha value is -4.05. The number of amides is 2. The number of pyridine rings is 1. The SMILES string of the molecule is Cc1cnc(C(=O)N2CCC(C#N)(c3ccccc3)CC2)cc1C(=O)N1CC2CC(C1)C2(F)c1ccccc1. The highest BCUT2D eigenvalue weighted by Crippen LogP contribution is 2.57. The van der Waals surface area contributed by atoms with Gasteiger partial charge in [-0.1, -0.05) is 60.7 Å². The van der Waals surface area contributed by atoms with Crippen LogP contribution in [0.2, 0.25) is 0 Å². The summed E-state index contributed by atoms with van der Waals surface area (Å²) in [5.41, 5.74) is 1.02. The van der Waals surface area contributed by atoms with E-state index in [-0.39, 0.29) is 29.3 Å². The van der Waals surface area contributed by atoms with E-state index in [0.29, 0.717) is 55.7 Å². The van der Waals surface area contributed by atoms with Crippen LogP contribution in [0.4, 0.5) is 4.39 Å². The van der Waals surface area contributed by atoms with E-state index in [0.717, 1.165) is 12.0 Å². The van der Waals surface area contributed by atoms with Gasteiger partial charge in [0.25, 0.3) is 11.8 Å². The predicted octanol–water partition coefficient (Wildman–Crippen LogP) is 5.04. The molecule has 39 heavy (non-hydrogen) atoms. The Balaban J connectivity index is 1.16. The molecule has 3 aliphatic heterocycles. The first-order chi connectivity index (χ1) is 18.9. The average molecular weight is 523 g/mol. The van der Waals surface area contributed by atoms with Gasteiger partial charge in [0, 0.05) is 49.8 Å². The molecule has 4 aliphatic rings. The lowest BCUT2D eigenvalue weighted by Gasteiger charge is -2.57. The molecule has 198 valence electrons. The number of nitriles is 1. The number of aromatic nitrogens is 1. The number of carbonyl (C=O) groups excluding carboxylic acids is 2. The molecule has 3 aromatic rings. The maximum absolute atomic E-state index is 16.0. The lowest BCUT2D eigenvalue weighted by molar-refractivity contribution is -0.143. The molecular weight excluding hydrogens is 491 g/mol. The first-order valence-corrected chi connectivity index (χ1v) is 13.6. The number of likely N-dealkylation sites (tertiary alicyclic amines) is 1. The zero-order chi connectivity index (χ0) is 27.2. The number of aryl methyl sites for hydroxylation is 1. The summed E-state index contributed by atoms with van der Waals surface area (Å²) in [4.78, 5) is 34.8. The van der Waals surface area contributed by atoms with Gasteiger partial charge in [0.1, 0.15) is 11.4 Å². The number of nitrogens with zero attached hydrogens (tertiary/aromatic N) is 4. The number of alkyl halides is 1. The number of carbonyl (C=O) groups is 2. The molecule has 0 spiro atoms. The number of hydrogen-bond acceptors (Lipinski definition) is 4. The van der Waals surface area contributed by atoms with Crippen LogP contribution in [0.3, 0.4) is 0 Å². The fraction of sp³-hybridized carbons (Fsp3) is 0.375. The monoisotopic (exact) mass is 522 g/mol. The molecule has 3 saturated heterocycles. The highest BCUT2D eigenvalue weighted by Gasteiger charge is 2.61. The maximum Gasteiger partial charge on any atom is 0.272 e. The fourth-order valence-electron chi connectivity index (χ4n) is 6.73. The average Bonchev–Trinajstić information content (AvgIpc) is 3.01. The van der Waals surface area contributed by atoms with Crippen molar-refractivity contribution in [1.82, 2.24) is 14.8 Å². The highest BCUT2D eigenvalue weighted by atomic mass is 19.1. The van der Waals surface area contributed by atoms with Gasteiger partial charge in [0.15, 0.2) is 0 Å². The number of piperidine rings is 3. The standard InChI is InChI=1S/C32H31FN4O2/c1-22-18-35-28(30(39)36-14-12-31(21-34,13-15-36)23-8-4-2-5-9-23)17-27(22)29(38)37-19-25-16-26(20-37)32(25,33)24-10-6-3-7-11-24/h2-11,17-18,25-26H,12-16,19-20H2,1H3. The third-order valence-corrected chi connectivity index (χ3v) is 9.14. The summed E-state index contributed by atoms with van der Waals surface area (Å²) in [6.45, 7) is 3.40. The Labute approximate surface area is 228 Å². The molecule has 4 heterocycles. The molecule has 0 radical (unpaired) electrons. The number of benzene rings is 2. The summed E-state index contributed by atoms with van der Waals surface area (Å²) in [5.74, 6) is -0.884. The summed E-state index contributed by atoms with van der Waals surface area (Å²) in [7, 11) is 0. The van der Waals surface area contributed by atoms with Crippen molar-refractivity contribution in [3.8, 4) is 6.07 Å². The van der Waals surface area contributed by atoms with Crippen molar-refractivity contribution < 1.29 is 14.0 Å². The third kappa shape index (κ3) is 4.10. The van der Waals surface area contributed by atoms with Crippen LogP contribution >= 0.6 is 0 Å². The van der Waals surface area contributed by atoms with Crippen LogP contribution in [0.15, 0.2) is 72.9 Å². The first kappa shape index (κ1) is 25.2. The van der Waals surface area contributed by atoms with Crippen molar-refractivity contribution in [3.05, 3.63) is 101 Å². The molecule has 2 aromatic carbocycles. The summed E-state index contributed by atoms with van der Waals surface area (Å²) in [6.07, 6.45) is 3.43. The normalized spacial score (nSPS) is 25.4. The van der Waals surface area contributed by atoms with Crippen molar-refractivity contribution >= 4 is 11.8 Å². The van der Waals surface area contributed by atoms with E-state index in [4.69, 9.17) is 0 Å². The molecule has 0 N–H and O–H groups in total. The Morgan fingerprint density at radius 1 is 0.923 bits per heavy atom. The molecule has 7 heteroatoms. The van der Waals surface area contributed by atoms with E-state index < -0.39 is 11.1 Å². The van der Waals surface area contributed by atoms with E-state index in [9.17, 15) is 14.9 Å². The molecular formula is C32H31FN4O2. The fourth-order valence-corrected chi connectivity index (χ4v) is 6.73. The van der Waals surface area contributed by atoms with Crippen molar-refractivity contribution in [2.45, 2.75) is 37.3 Å². The third-order valence-electron chi connectivity index (χ3n) is 9.14.